The van der Waals surface area contributed by atoms with Crippen molar-refractivity contribution in [2.75, 3.05) is 18.8 Å². The number of nitrogens with one attached hydrogen (secondary N) is 1. The summed E-state index contributed by atoms with van der Waals surface area (Å²) in [6, 6.07) is 5.98. The van der Waals surface area contributed by atoms with Crippen LogP contribution >= 0.6 is 0 Å². The molecule has 5 rings (SSSR count). The third kappa shape index (κ3) is 2.86. The lowest BCUT2D eigenvalue weighted by atomic mass is 10.1. The van der Waals surface area contributed by atoms with Gasteiger partial charge < -0.3 is 19.6 Å². The van der Waals surface area contributed by atoms with Crippen molar-refractivity contribution in [3.63, 3.8) is 0 Å². The molecule has 1 atom stereocenters. The number of nitrogen functional groups attached to an aromatic ring is 1. The molecule has 158 valence electrons. The smallest absolute Gasteiger partial charge is 0.288 e. The summed E-state index contributed by atoms with van der Waals surface area (Å²) in [5.74, 6) is 0.787. The Bertz CT molecular complexity index is 1420. The Hall–Kier alpha value is -3.81. The molecule has 1 unspecified atom stereocenters. The fourth-order valence-electron chi connectivity index (χ4n) is 4.58. The molecule has 1 aliphatic heterocycles. The number of fused-ring (bicyclic) bond motifs is 2. The van der Waals surface area contributed by atoms with Crippen LogP contribution in [0.15, 0.2) is 46.3 Å². The van der Waals surface area contributed by atoms with E-state index in [1.165, 1.54) is 6.08 Å². The van der Waals surface area contributed by atoms with E-state index in [9.17, 15) is 9.59 Å². The maximum absolute atomic E-state index is 12.8. The first-order valence-corrected chi connectivity index (χ1v) is 10.2. The zero-order valence-corrected chi connectivity index (χ0v) is 17.4. The summed E-state index contributed by atoms with van der Waals surface area (Å²) < 4.78 is 8.12. The van der Waals surface area contributed by atoms with Crippen LogP contribution in [0.1, 0.15) is 23.6 Å². The van der Waals surface area contributed by atoms with E-state index in [1.807, 2.05) is 36.7 Å². The monoisotopic (exact) mass is 417 g/mol. The number of hydrogen-bond acceptors (Lipinski definition) is 5. The average molecular weight is 417 g/mol. The van der Waals surface area contributed by atoms with E-state index >= 15 is 0 Å². The van der Waals surface area contributed by atoms with Crippen molar-refractivity contribution in [2.24, 2.45) is 0 Å². The minimum absolute atomic E-state index is 0.0602. The van der Waals surface area contributed by atoms with E-state index in [1.54, 1.807) is 4.90 Å². The minimum atomic E-state index is -0.325. The highest BCUT2D eigenvalue weighted by Gasteiger charge is 2.30. The van der Waals surface area contributed by atoms with Crippen molar-refractivity contribution in [1.29, 1.82) is 0 Å². The van der Waals surface area contributed by atoms with Crippen LogP contribution in [-0.2, 0) is 4.79 Å². The van der Waals surface area contributed by atoms with Crippen LogP contribution in [0.3, 0.4) is 0 Å². The summed E-state index contributed by atoms with van der Waals surface area (Å²) in [5, 5.41) is 8.07. The normalized spacial score (nSPS) is 16.5. The fraction of sp³-hybridized carbons (Fsp3) is 0.261. The topological polar surface area (TPSA) is 110 Å². The third-order valence-electron chi connectivity index (χ3n) is 6.16. The zero-order chi connectivity index (χ0) is 21.9. The molecule has 1 aromatic carbocycles. The first-order chi connectivity index (χ1) is 14.9. The van der Waals surface area contributed by atoms with Gasteiger partial charge in [0.25, 0.3) is 5.56 Å². The number of carbonyl (C=O) groups excluding carboxylic acids is 1. The summed E-state index contributed by atoms with van der Waals surface area (Å²) >= 11 is 0. The summed E-state index contributed by atoms with van der Waals surface area (Å²) in [4.78, 5) is 26.6. The van der Waals surface area contributed by atoms with Gasteiger partial charge in [0, 0.05) is 35.8 Å². The number of furan rings is 1. The van der Waals surface area contributed by atoms with Crippen LogP contribution in [0.2, 0.25) is 0 Å². The second-order valence-corrected chi connectivity index (χ2v) is 8.10. The van der Waals surface area contributed by atoms with Crippen molar-refractivity contribution < 1.29 is 9.21 Å². The predicted octanol–water partition coefficient (Wildman–Crippen LogP) is 3.30. The van der Waals surface area contributed by atoms with Crippen LogP contribution in [0, 0.1) is 13.8 Å². The van der Waals surface area contributed by atoms with Crippen molar-refractivity contribution in [3.8, 4) is 11.3 Å². The zero-order valence-electron chi connectivity index (χ0n) is 17.4. The maximum atomic E-state index is 12.8. The highest BCUT2D eigenvalue weighted by atomic mass is 16.3. The molecule has 1 saturated heterocycles. The molecule has 0 spiro atoms. The van der Waals surface area contributed by atoms with Crippen LogP contribution in [0.4, 0.5) is 5.82 Å². The Labute approximate surface area is 177 Å². The lowest BCUT2D eigenvalue weighted by Crippen LogP contribution is -2.27. The van der Waals surface area contributed by atoms with E-state index in [-0.39, 0.29) is 23.3 Å². The van der Waals surface area contributed by atoms with Gasteiger partial charge in [-0.1, -0.05) is 18.2 Å². The molecule has 3 N–H and O–H groups in total. The molecule has 0 bridgehead atoms. The highest BCUT2D eigenvalue weighted by molar-refractivity contribution is 6.03. The second-order valence-electron chi connectivity index (χ2n) is 8.10. The van der Waals surface area contributed by atoms with Crippen molar-refractivity contribution >= 4 is 33.6 Å². The van der Waals surface area contributed by atoms with Gasteiger partial charge in [-0.25, -0.2) is 5.10 Å². The highest BCUT2D eigenvalue weighted by Crippen LogP contribution is 2.40. The molecular formula is C23H23N5O3. The van der Waals surface area contributed by atoms with Crippen LogP contribution in [0.25, 0.3) is 33.2 Å². The number of hydrogen-bond donors (Lipinski definition) is 2. The first-order valence-electron chi connectivity index (χ1n) is 10.2. The number of nitrogens with two attached hydrogens (primary N) is 1. The van der Waals surface area contributed by atoms with Crippen LogP contribution in [-0.4, -0.2) is 38.7 Å². The van der Waals surface area contributed by atoms with Crippen LogP contribution in [0.5, 0.6) is 0 Å². The molecule has 4 heterocycles. The molecule has 31 heavy (non-hydrogen) atoms. The number of likely N-dealkylation sites (tertiary alicyclic amines) is 1. The molecule has 8 heteroatoms. The lowest BCUT2D eigenvalue weighted by Gasteiger charge is -2.16. The van der Waals surface area contributed by atoms with E-state index < -0.39 is 0 Å². The van der Waals surface area contributed by atoms with E-state index in [0.29, 0.717) is 29.8 Å². The third-order valence-corrected chi connectivity index (χ3v) is 6.16. The van der Waals surface area contributed by atoms with Gasteiger partial charge in [-0.05, 0) is 38.5 Å². The van der Waals surface area contributed by atoms with E-state index in [0.717, 1.165) is 34.1 Å². The number of H-pyrrole nitrogens is 1. The van der Waals surface area contributed by atoms with Crippen molar-refractivity contribution in [1.82, 2.24) is 19.7 Å². The molecule has 1 aliphatic rings. The number of benzene rings is 1. The fourth-order valence-corrected chi connectivity index (χ4v) is 4.58. The Morgan fingerprint density at radius 3 is 2.97 bits per heavy atom. The van der Waals surface area contributed by atoms with Gasteiger partial charge in [-0.15, -0.1) is 0 Å². The predicted molar refractivity (Wildman–Crippen MR) is 120 cm³/mol. The molecule has 0 radical (unpaired) electrons. The number of anilines is 1. The average Bonchev–Trinajstić information content (AvgIpc) is 3.46. The van der Waals surface area contributed by atoms with Crippen LogP contribution < -0.4 is 11.3 Å². The Kier molecular flexibility index (Phi) is 4.25. The van der Waals surface area contributed by atoms with Gasteiger partial charge in [-0.3, -0.25) is 9.59 Å². The van der Waals surface area contributed by atoms with E-state index in [2.05, 4.69) is 22.8 Å². The number of aromatic amines is 1. The molecule has 1 fully saturated rings. The summed E-state index contributed by atoms with van der Waals surface area (Å²) in [6.45, 7) is 8.70. The quantitative estimate of drug-likeness (QED) is 0.497. The van der Waals surface area contributed by atoms with Crippen molar-refractivity contribution in [2.45, 2.75) is 26.3 Å². The summed E-state index contributed by atoms with van der Waals surface area (Å²) in [6.07, 6.45) is 3.95. The van der Waals surface area contributed by atoms with Gasteiger partial charge >= 0.3 is 0 Å². The molecule has 1 amide bonds. The number of aromatic nitrogens is 3. The number of nitrogens with zero attached hydrogens (tertiary/aromatic N) is 3. The van der Waals surface area contributed by atoms with Gasteiger partial charge in [0.2, 0.25) is 5.91 Å². The molecule has 8 nitrogen and oxygen atoms in total. The molecular weight excluding hydrogens is 394 g/mol. The molecule has 0 saturated carbocycles. The molecule has 4 aromatic rings. The van der Waals surface area contributed by atoms with Gasteiger partial charge in [0.05, 0.1) is 11.4 Å². The summed E-state index contributed by atoms with van der Waals surface area (Å²) in [7, 11) is 0. The number of aryl methyl sites for hydroxylation is 2. The maximum Gasteiger partial charge on any atom is 0.288 e. The van der Waals surface area contributed by atoms with Gasteiger partial charge in [0.1, 0.15) is 16.9 Å². The lowest BCUT2D eigenvalue weighted by molar-refractivity contribution is -0.125. The SMILES string of the molecule is C=CC(=O)N1CCC(n2cc(-c3oc4ccc(C)cc4c3C)c3c(N)n[nH]c(=O)c32)C1. The Morgan fingerprint density at radius 2 is 2.19 bits per heavy atom. The van der Waals surface area contributed by atoms with Crippen molar-refractivity contribution in [3.05, 3.63) is 58.5 Å². The minimum Gasteiger partial charge on any atom is -0.456 e. The standard InChI is InChI=1S/C23H23N5O3/c1-4-18(29)27-8-7-14(10-27)28-11-16(19-20(28)23(30)26-25-22(19)24)21-13(3)15-9-12(2)5-6-17(15)31-21/h4-6,9,11,14H,1,7-8,10H2,2-3H3,(H2,24,25)(H,26,30). The van der Waals surface area contributed by atoms with Gasteiger partial charge in [-0.2, -0.15) is 5.10 Å². The number of rotatable bonds is 3. The number of carbonyl (C=O) groups is 1. The number of amides is 1. The van der Waals surface area contributed by atoms with E-state index in [4.69, 9.17) is 10.2 Å². The molecule has 0 aliphatic carbocycles. The first kappa shape index (κ1) is 19.2. The second kappa shape index (κ2) is 6.87. The largest absolute Gasteiger partial charge is 0.456 e. The Morgan fingerprint density at radius 1 is 1.39 bits per heavy atom. The van der Waals surface area contributed by atoms with Gasteiger partial charge in [0.15, 0.2) is 5.82 Å². The molecule has 3 aromatic heterocycles. The Balaban J connectivity index is 1.73. The summed E-state index contributed by atoms with van der Waals surface area (Å²) in [5.41, 5.74) is 9.97.